The van der Waals surface area contributed by atoms with Crippen molar-refractivity contribution in [2.45, 2.75) is 11.8 Å². The summed E-state index contributed by atoms with van der Waals surface area (Å²) in [5.74, 6) is -0.630. The van der Waals surface area contributed by atoms with Crippen LogP contribution in [0.1, 0.15) is 17.3 Å². The molecule has 0 saturated heterocycles. The molecule has 0 fully saturated rings. The number of rotatable bonds is 2. The molecule has 1 aromatic rings. The maximum absolute atomic E-state index is 12.7. The van der Waals surface area contributed by atoms with E-state index < -0.39 is 5.82 Å². The van der Waals surface area contributed by atoms with Gasteiger partial charge in [0.2, 0.25) is 0 Å². The van der Waals surface area contributed by atoms with Crippen LogP contribution in [-0.4, -0.2) is 12.5 Å². The van der Waals surface area contributed by atoms with Crippen LogP contribution in [0.4, 0.5) is 4.39 Å². The van der Waals surface area contributed by atoms with Gasteiger partial charge in [-0.2, -0.15) is 0 Å². The highest BCUT2D eigenvalue weighted by Gasteiger charge is 2.06. The summed E-state index contributed by atoms with van der Waals surface area (Å²) >= 11 is 3.88. The molecule has 1 rings (SSSR count). The maximum atomic E-state index is 12.7. The summed E-state index contributed by atoms with van der Waals surface area (Å²) in [4.78, 5) is 11.4. The zero-order chi connectivity index (χ0) is 9.84. The Kier molecular flexibility index (Phi) is 3.31. The summed E-state index contributed by atoms with van der Waals surface area (Å²) in [6.45, 7) is 2.38. The van der Waals surface area contributed by atoms with Gasteiger partial charge in [0.1, 0.15) is 5.82 Å². The summed E-state index contributed by atoms with van der Waals surface area (Å²) in [5.41, 5.74) is 0.424. The highest BCUT2D eigenvalue weighted by molar-refractivity contribution is 7.80. The first kappa shape index (κ1) is 10.1. The Balaban J connectivity index is 2.90. The second-order valence-electron chi connectivity index (χ2n) is 2.53. The topological polar surface area (TPSA) is 29.1 Å². The minimum absolute atomic E-state index is 0.184. The third-order valence-electron chi connectivity index (χ3n) is 1.55. The summed E-state index contributed by atoms with van der Waals surface area (Å²) in [6.07, 6.45) is 0. The van der Waals surface area contributed by atoms with Crippen molar-refractivity contribution in [3.05, 3.63) is 29.6 Å². The summed E-state index contributed by atoms with van der Waals surface area (Å²) in [5, 5.41) is 2.61. The molecule has 0 aliphatic carbocycles. The number of hydrogen-bond donors (Lipinski definition) is 2. The SMILES string of the molecule is CCNC(=O)c1ccc(F)c(S)c1. The Hall–Kier alpha value is -1.03. The first-order valence-corrected chi connectivity index (χ1v) is 4.36. The highest BCUT2D eigenvalue weighted by atomic mass is 32.1. The van der Waals surface area contributed by atoms with Crippen molar-refractivity contribution in [1.82, 2.24) is 5.32 Å². The molecule has 1 N–H and O–H groups in total. The van der Waals surface area contributed by atoms with E-state index in [1.54, 1.807) is 0 Å². The van der Waals surface area contributed by atoms with Crippen LogP contribution in [0.3, 0.4) is 0 Å². The normalized spacial score (nSPS) is 9.77. The van der Waals surface area contributed by atoms with Crippen LogP contribution in [0, 0.1) is 5.82 Å². The van der Waals surface area contributed by atoms with E-state index in [2.05, 4.69) is 17.9 Å². The van der Waals surface area contributed by atoms with Gasteiger partial charge in [0.15, 0.2) is 0 Å². The molecule has 0 aliphatic heterocycles. The molecule has 0 spiro atoms. The first-order chi connectivity index (χ1) is 6.15. The van der Waals surface area contributed by atoms with Crippen molar-refractivity contribution < 1.29 is 9.18 Å². The van der Waals surface area contributed by atoms with Crippen LogP contribution in [-0.2, 0) is 0 Å². The molecule has 0 saturated carbocycles. The monoisotopic (exact) mass is 199 g/mol. The largest absolute Gasteiger partial charge is 0.352 e. The van der Waals surface area contributed by atoms with Gasteiger partial charge >= 0.3 is 0 Å². The number of carbonyl (C=O) groups excluding carboxylic acids is 1. The van der Waals surface area contributed by atoms with E-state index in [1.165, 1.54) is 18.2 Å². The molecular weight excluding hydrogens is 189 g/mol. The summed E-state index contributed by atoms with van der Waals surface area (Å²) < 4.78 is 12.7. The van der Waals surface area contributed by atoms with Gasteiger partial charge in [-0.05, 0) is 25.1 Å². The molecule has 0 aliphatic rings. The Morgan fingerprint density at radius 1 is 1.62 bits per heavy atom. The van der Waals surface area contributed by atoms with Gasteiger partial charge in [0.05, 0.1) is 0 Å². The third kappa shape index (κ3) is 2.45. The van der Waals surface area contributed by atoms with Crippen LogP contribution in [0.15, 0.2) is 23.1 Å². The fourth-order valence-electron chi connectivity index (χ4n) is 0.917. The number of carbonyl (C=O) groups is 1. The third-order valence-corrected chi connectivity index (χ3v) is 1.89. The van der Waals surface area contributed by atoms with Gasteiger partial charge < -0.3 is 5.32 Å². The van der Waals surface area contributed by atoms with E-state index >= 15 is 0 Å². The number of amides is 1. The molecule has 0 bridgehead atoms. The van der Waals surface area contributed by atoms with Crippen molar-refractivity contribution in [3.63, 3.8) is 0 Å². The van der Waals surface area contributed by atoms with Crippen molar-refractivity contribution in [2.75, 3.05) is 6.54 Å². The van der Waals surface area contributed by atoms with Gasteiger partial charge in [-0.25, -0.2) is 4.39 Å². The average molecular weight is 199 g/mol. The molecular formula is C9H10FNOS. The Labute approximate surface area is 81.6 Å². The van der Waals surface area contributed by atoms with Gasteiger partial charge in [-0.15, -0.1) is 12.6 Å². The highest BCUT2D eigenvalue weighted by Crippen LogP contribution is 2.13. The van der Waals surface area contributed by atoms with E-state index in [4.69, 9.17) is 0 Å². The molecule has 2 nitrogen and oxygen atoms in total. The molecule has 13 heavy (non-hydrogen) atoms. The Bertz CT molecular complexity index is 327. The molecule has 4 heteroatoms. The molecule has 0 atom stereocenters. The molecule has 0 radical (unpaired) electrons. The van der Waals surface area contributed by atoms with Gasteiger partial charge in [-0.1, -0.05) is 0 Å². The molecule has 0 unspecified atom stereocenters. The lowest BCUT2D eigenvalue weighted by Crippen LogP contribution is -2.22. The minimum Gasteiger partial charge on any atom is -0.352 e. The number of benzene rings is 1. The predicted octanol–water partition coefficient (Wildman–Crippen LogP) is 1.86. The van der Waals surface area contributed by atoms with E-state index in [0.29, 0.717) is 12.1 Å². The number of thiol groups is 1. The second-order valence-corrected chi connectivity index (χ2v) is 3.01. The molecule has 0 aromatic heterocycles. The van der Waals surface area contributed by atoms with Crippen LogP contribution in [0.2, 0.25) is 0 Å². The lowest BCUT2D eigenvalue weighted by Gasteiger charge is -2.02. The Morgan fingerprint density at radius 3 is 2.85 bits per heavy atom. The van der Waals surface area contributed by atoms with E-state index in [9.17, 15) is 9.18 Å². The summed E-state index contributed by atoms with van der Waals surface area (Å²) in [7, 11) is 0. The van der Waals surface area contributed by atoms with E-state index in [-0.39, 0.29) is 10.8 Å². The van der Waals surface area contributed by atoms with E-state index in [0.717, 1.165) is 0 Å². The van der Waals surface area contributed by atoms with Crippen molar-refractivity contribution in [3.8, 4) is 0 Å². The van der Waals surface area contributed by atoms with Crippen LogP contribution in [0.5, 0.6) is 0 Å². The maximum Gasteiger partial charge on any atom is 0.251 e. The quantitative estimate of drug-likeness (QED) is 0.699. The lowest BCUT2D eigenvalue weighted by atomic mass is 10.2. The average Bonchev–Trinajstić information content (AvgIpc) is 2.10. The van der Waals surface area contributed by atoms with Crippen LogP contribution >= 0.6 is 12.6 Å². The first-order valence-electron chi connectivity index (χ1n) is 3.92. The fourth-order valence-corrected chi connectivity index (χ4v) is 1.13. The molecule has 1 aromatic carbocycles. The van der Waals surface area contributed by atoms with Crippen molar-refractivity contribution in [2.24, 2.45) is 0 Å². The molecule has 70 valence electrons. The van der Waals surface area contributed by atoms with Gasteiger partial charge in [0.25, 0.3) is 5.91 Å². The molecule has 0 heterocycles. The Morgan fingerprint density at radius 2 is 2.31 bits per heavy atom. The zero-order valence-corrected chi connectivity index (χ0v) is 8.07. The van der Waals surface area contributed by atoms with Crippen LogP contribution < -0.4 is 5.32 Å². The standard InChI is InChI=1S/C9H10FNOS/c1-2-11-9(12)6-3-4-7(10)8(13)5-6/h3-5,13H,2H2,1H3,(H,11,12). The predicted molar refractivity (Wildman–Crippen MR) is 51.7 cm³/mol. The minimum atomic E-state index is -0.420. The smallest absolute Gasteiger partial charge is 0.251 e. The van der Waals surface area contributed by atoms with E-state index in [1.807, 2.05) is 6.92 Å². The molecule has 1 amide bonds. The van der Waals surface area contributed by atoms with Crippen LogP contribution in [0.25, 0.3) is 0 Å². The summed E-state index contributed by atoms with van der Waals surface area (Å²) in [6, 6.07) is 4.07. The van der Waals surface area contributed by atoms with Crippen molar-refractivity contribution >= 4 is 18.5 Å². The number of halogens is 1. The van der Waals surface area contributed by atoms with Gasteiger partial charge in [0, 0.05) is 17.0 Å². The lowest BCUT2D eigenvalue weighted by molar-refractivity contribution is 0.0955. The fraction of sp³-hybridized carbons (Fsp3) is 0.222. The zero-order valence-electron chi connectivity index (χ0n) is 7.17. The number of hydrogen-bond acceptors (Lipinski definition) is 2. The second kappa shape index (κ2) is 4.28. The van der Waals surface area contributed by atoms with Crippen molar-refractivity contribution in [1.29, 1.82) is 0 Å². The number of nitrogens with one attached hydrogen (secondary N) is 1. The van der Waals surface area contributed by atoms with Gasteiger partial charge in [-0.3, -0.25) is 4.79 Å².